The van der Waals surface area contributed by atoms with Crippen LogP contribution in [0.5, 0.6) is 17.2 Å². The summed E-state index contributed by atoms with van der Waals surface area (Å²) >= 11 is 1.56. The van der Waals surface area contributed by atoms with Gasteiger partial charge in [0.15, 0.2) is 11.5 Å². The molecule has 1 amide bonds. The van der Waals surface area contributed by atoms with E-state index in [1.165, 1.54) is 6.08 Å². The van der Waals surface area contributed by atoms with Gasteiger partial charge < -0.3 is 23.6 Å². The van der Waals surface area contributed by atoms with E-state index >= 15 is 0 Å². The highest BCUT2D eigenvalue weighted by molar-refractivity contribution is 7.13. The first-order valence-electron chi connectivity index (χ1n) is 9.27. The molecule has 0 unspecified atom stereocenters. The van der Waals surface area contributed by atoms with E-state index in [4.69, 9.17) is 18.7 Å². The van der Waals surface area contributed by atoms with Gasteiger partial charge in [-0.15, -0.1) is 11.3 Å². The van der Waals surface area contributed by atoms with Crippen molar-refractivity contribution in [3.63, 3.8) is 0 Å². The van der Waals surface area contributed by atoms with Crippen molar-refractivity contribution in [2.24, 2.45) is 0 Å². The van der Waals surface area contributed by atoms with Gasteiger partial charge in [-0.05, 0) is 35.2 Å². The number of hydrogen-bond acceptors (Lipinski definition) is 8. The lowest BCUT2D eigenvalue weighted by atomic mass is 10.00. The van der Waals surface area contributed by atoms with E-state index in [2.05, 4.69) is 10.1 Å². The zero-order valence-electron chi connectivity index (χ0n) is 16.8. The normalized spacial score (nSPS) is 14.0. The molecule has 2 aromatic heterocycles. The molecule has 0 N–H and O–H groups in total. The highest BCUT2D eigenvalue weighted by Crippen LogP contribution is 2.38. The molecule has 1 aromatic carbocycles. The summed E-state index contributed by atoms with van der Waals surface area (Å²) in [6.45, 7) is 1.09. The largest absolute Gasteiger partial charge is 0.493 e. The number of hydrogen-bond donors (Lipinski definition) is 0. The lowest BCUT2D eigenvalue weighted by Gasteiger charge is -2.36. The fraction of sp³-hybridized carbons (Fsp3) is 0.286. The Labute approximate surface area is 177 Å². The van der Waals surface area contributed by atoms with E-state index in [1.807, 2.05) is 17.5 Å². The predicted octanol–water partition coefficient (Wildman–Crippen LogP) is 3.46. The van der Waals surface area contributed by atoms with Gasteiger partial charge in [-0.2, -0.15) is 4.98 Å². The molecule has 0 aliphatic carbocycles. The van der Waals surface area contributed by atoms with E-state index in [0.717, 1.165) is 10.4 Å². The number of nitrogens with zero attached hydrogens (tertiary/aromatic N) is 3. The zero-order chi connectivity index (χ0) is 21.1. The lowest BCUT2D eigenvalue weighted by molar-refractivity contribution is -0.130. The first-order valence-corrected chi connectivity index (χ1v) is 10.2. The van der Waals surface area contributed by atoms with Gasteiger partial charge in [-0.3, -0.25) is 4.79 Å². The Bertz CT molecular complexity index is 1030. The number of likely N-dealkylation sites (tertiary alicyclic amines) is 1. The number of thiophene rings is 1. The van der Waals surface area contributed by atoms with E-state index in [0.29, 0.717) is 42.1 Å². The Balaban J connectivity index is 1.38. The van der Waals surface area contributed by atoms with Crippen molar-refractivity contribution in [3.05, 3.63) is 47.2 Å². The molecule has 3 heterocycles. The van der Waals surface area contributed by atoms with Crippen LogP contribution in [-0.4, -0.2) is 55.4 Å². The second kappa shape index (κ2) is 8.58. The quantitative estimate of drug-likeness (QED) is 0.534. The van der Waals surface area contributed by atoms with Crippen LogP contribution in [0.2, 0.25) is 0 Å². The van der Waals surface area contributed by atoms with Crippen LogP contribution in [0, 0.1) is 0 Å². The molecule has 0 radical (unpaired) electrons. The van der Waals surface area contributed by atoms with Crippen molar-refractivity contribution < 1.29 is 23.5 Å². The monoisotopic (exact) mass is 427 g/mol. The summed E-state index contributed by atoms with van der Waals surface area (Å²) in [4.78, 5) is 19.6. The number of methoxy groups -OCH3 is 3. The molecule has 0 saturated carbocycles. The van der Waals surface area contributed by atoms with E-state index in [1.54, 1.807) is 55.8 Å². The highest BCUT2D eigenvalue weighted by atomic mass is 32.1. The molecule has 0 spiro atoms. The molecule has 4 rings (SSSR count). The molecule has 1 aliphatic rings. The average Bonchev–Trinajstić information content (AvgIpc) is 3.42. The van der Waals surface area contributed by atoms with Crippen LogP contribution in [-0.2, 0) is 4.79 Å². The number of ether oxygens (including phenoxy) is 3. The standard InChI is InChI=1S/C21H21N3O5S/c1-26-15-9-13(10-16(27-2)19(15)28-3)6-7-18(25)24-11-14(12-24)21-22-20(23-29-21)17-5-4-8-30-17/h4-10,14H,11-12H2,1-3H3. The molecule has 0 atom stereocenters. The summed E-state index contributed by atoms with van der Waals surface area (Å²) in [6, 6.07) is 7.47. The van der Waals surface area contributed by atoms with Crippen LogP contribution in [0.15, 0.2) is 40.2 Å². The summed E-state index contributed by atoms with van der Waals surface area (Å²) in [6.07, 6.45) is 3.25. The Morgan fingerprint density at radius 1 is 1.20 bits per heavy atom. The van der Waals surface area contributed by atoms with Crippen LogP contribution in [0.1, 0.15) is 17.4 Å². The van der Waals surface area contributed by atoms with Crippen molar-refractivity contribution in [1.29, 1.82) is 0 Å². The van der Waals surface area contributed by atoms with Gasteiger partial charge in [0.2, 0.25) is 23.4 Å². The predicted molar refractivity (Wildman–Crippen MR) is 112 cm³/mol. The third-order valence-electron chi connectivity index (χ3n) is 4.83. The molecule has 0 bridgehead atoms. The van der Waals surface area contributed by atoms with Crippen LogP contribution in [0.3, 0.4) is 0 Å². The summed E-state index contributed by atoms with van der Waals surface area (Å²) in [5.74, 6) is 2.71. The van der Waals surface area contributed by atoms with Crippen LogP contribution in [0.25, 0.3) is 16.8 Å². The Kier molecular flexibility index (Phi) is 5.71. The van der Waals surface area contributed by atoms with E-state index in [-0.39, 0.29) is 11.8 Å². The maximum absolute atomic E-state index is 12.5. The molecular weight excluding hydrogens is 406 g/mol. The molecule has 8 nitrogen and oxygen atoms in total. The van der Waals surface area contributed by atoms with Crippen LogP contribution < -0.4 is 14.2 Å². The smallest absolute Gasteiger partial charge is 0.246 e. The fourth-order valence-corrected chi connectivity index (χ4v) is 3.84. The fourth-order valence-electron chi connectivity index (χ4n) is 3.19. The summed E-state index contributed by atoms with van der Waals surface area (Å²) < 4.78 is 21.4. The van der Waals surface area contributed by atoms with Crippen molar-refractivity contribution in [2.75, 3.05) is 34.4 Å². The highest BCUT2D eigenvalue weighted by Gasteiger charge is 2.34. The second-order valence-corrected chi connectivity index (χ2v) is 7.61. The van der Waals surface area contributed by atoms with Crippen molar-refractivity contribution >= 4 is 23.3 Å². The molecule has 1 aliphatic heterocycles. The summed E-state index contributed by atoms with van der Waals surface area (Å²) in [5, 5.41) is 5.99. The van der Waals surface area contributed by atoms with Crippen molar-refractivity contribution in [3.8, 4) is 28.0 Å². The zero-order valence-corrected chi connectivity index (χ0v) is 17.6. The first-order chi connectivity index (χ1) is 14.6. The van der Waals surface area contributed by atoms with E-state index < -0.39 is 0 Å². The number of amides is 1. The SMILES string of the molecule is COc1cc(C=CC(=O)N2CC(c3nc(-c4cccs4)no3)C2)cc(OC)c1OC. The van der Waals surface area contributed by atoms with Crippen molar-refractivity contribution in [1.82, 2.24) is 15.0 Å². The minimum atomic E-state index is -0.0852. The minimum absolute atomic E-state index is 0.0599. The third kappa shape index (κ3) is 3.88. The topological polar surface area (TPSA) is 86.9 Å². The van der Waals surface area contributed by atoms with E-state index in [9.17, 15) is 4.79 Å². The maximum Gasteiger partial charge on any atom is 0.246 e. The van der Waals surface area contributed by atoms with Gasteiger partial charge in [0.05, 0.1) is 32.1 Å². The molecule has 1 fully saturated rings. The Hall–Kier alpha value is -3.33. The Morgan fingerprint density at radius 2 is 1.93 bits per heavy atom. The van der Waals surface area contributed by atoms with Gasteiger partial charge in [-0.25, -0.2) is 0 Å². The molecule has 1 saturated heterocycles. The number of carbonyl (C=O) groups excluding carboxylic acids is 1. The Morgan fingerprint density at radius 3 is 2.53 bits per heavy atom. The maximum atomic E-state index is 12.5. The molecule has 156 valence electrons. The van der Waals surface area contributed by atoms with Crippen molar-refractivity contribution in [2.45, 2.75) is 5.92 Å². The van der Waals surface area contributed by atoms with Gasteiger partial charge in [0.1, 0.15) is 0 Å². The third-order valence-corrected chi connectivity index (χ3v) is 5.70. The average molecular weight is 427 g/mol. The molecule has 3 aromatic rings. The first kappa shape index (κ1) is 20.0. The number of aromatic nitrogens is 2. The number of benzene rings is 1. The van der Waals surface area contributed by atoms with Gasteiger partial charge in [0, 0.05) is 19.2 Å². The number of rotatable bonds is 7. The molecule has 9 heteroatoms. The van der Waals surface area contributed by atoms with Gasteiger partial charge in [0.25, 0.3) is 0 Å². The molecule has 30 heavy (non-hydrogen) atoms. The van der Waals surface area contributed by atoms with Crippen LogP contribution in [0.4, 0.5) is 0 Å². The van der Waals surface area contributed by atoms with Gasteiger partial charge in [-0.1, -0.05) is 11.2 Å². The minimum Gasteiger partial charge on any atom is -0.493 e. The number of carbonyl (C=O) groups is 1. The summed E-state index contributed by atoms with van der Waals surface area (Å²) in [7, 11) is 4.65. The second-order valence-electron chi connectivity index (χ2n) is 6.67. The summed E-state index contributed by atoms with van der Waals surface area (Å²) in [5.41, 5.74) is 0.771. The lowest BCUT2D eigenvalue weighted by Crippen LogP contribution is -2.47. The molecular formula is C21H21N3O5S. The van der Waals surface area contributed by atoms with Crippen LogP contribution >= 0.6 is 11.3 Å². The van der Waals surface area contributed by atoms with Gasteiger partial charge >= 0.3 is 0 Å².